The molecule has 0 aliphatic heterocycles. The number of rotatable bonds is 5. The fourth-order valence-electron chi connectivity index (χ4n) is 1.86. The van der Waals surface area contributed by atoms with Crippen LogP contribution in [0.25, 0.3) is 0 Å². The minimum absolute atomic E-state index is 0.0670. The van der Waals surface area contributed by atoms with Gasteiger partial charge in [-0.25, -0.2) is 4.79 Å². The highest BCUT2D eigenvalue weighted by Crippen LogP contribution is 2.23. The highest BCUT2D eigenvalue weighted by atomic mass is 32.2. The summed E-state index contributed by atoms with van der Waals surface area (Å²) in [5, 5.41) is 0. The van der Waals surface area contributed by atoms with Crippen LogP contribution in [-0.4, -0.2) is 18.9 Å². The molecule has 0 atom stereocenters. The molecule has 0 heterocycles. The van der Waals surface area contributed by atoms with Gasteiger partial charge in [-0.15, -0.1) is 11.8 Å². The molecule has 0 aliphatic carbocycles. The van der Waals surface area contributed by atoms with Gasteiger partial charge in [0.15, 0.2) is 5.78 Å². The lowest BCUT2D eigenvalue weighted by Gasteiger charge is -2.05. The van der Waals surface area contributed by atoms with Gasteiger partial charge in [0.05, 0.1) is 12.7 Å². The molecule has 0 saturated carbocycles. The summed E-state index contributed by atoms with van der Waals surface area (Å²) >= 11 is 1.66. The van der Waals surface area contributed by atoms with Crippen molar-refractivity contribution in [3.05, 3.63) is 65.2 Å². The van der Waals surface area contributed by atoms with Crippen LogP contribution in [0.4, 0.5) is 0 Å². The Morgan fingerprint density at radius 1 is 1.05 bits per heavy atom. The van der Waals surface area contributed by atoms with E-state index < -0.39 is 0 Å². The first-order chi connectivity index (χ1) is 10.1. The van der Waals surface area contributed by atoms with Crippen LogP contribution in [0.5, 0.6) is 0 Å². The van der Waals surface area contributed by atoms with E-state index in [2.05, 4.69) is 0 Å². The number of carbonyl (C=O) groups is 2. The average molecular weight is 300 g/mol. The van der Waals surface area contributed by atoms with Crippen molar-refractivity contribution in [1.82, 2.24) is 0 Å². The molecule has 0 radical (unpaired) electrons. The second kappa shape index (κ2) is 7.09. The number of methoxy groups -OCH3 is 1. The first-order valence-electron chi connectivity index (χ1n) is 6.51. The van der Waals surface area contributed by atoms with Crippen molar-refractivity contribution in [2.75, 3.05) is 7.11 Å². The molecule has 108 valence electrons. The minimum Gasteiger partial charge on any atom is -0.465 e. The Bertz CT molecular complexity index is 647. The van der Waals surface area contributed by atoms with Crippen LogP contribution in [0.15, 0.2) is 53.4 Å². The van der Waals surface area contributed by atoms with Crippen LogP contribution in [0, 0.1) is 0 Å². The van der Waals surface area contributed by atoms with Gasteiger partial charge < -0.3 is 4.74 Å². The fourth-order valence-corrected chi connectivity index (χ4v) is 2.70. The Hall–Kier alpha value is -2.07. The third kappa shape index (κ3) is 4.20. The zero-order chi connectivity index (χ0) is 15.2. The Labute approximate surface area is 128 Å². The molecule has 0 bridgehead atoms. The molecule has 21 heavy (non-hydrogen) atoms. The third-order valence-electron chi connectivity index (χ3n) is 3.01. The minimum atomic E-state index is -0.326. The number of Topliss-reactive ketones (excluding diaryl/α,β-unsaturated/α-hetero) is 1. The van der Waals surface area contributed by atoms with Crippen molar-refractivity contribution < 1.29 is 14.3 Å². The predicted octanol–water partition coefficient (Wildman–Crippen LogP) is 3.97. The molecule has 0 amide bonds. The van der Waals surface area contributed by atoms with Crippen molar-refractivity contribution >= 4 is 23.5 Å². The lowest BCUT2D eigenvalue weighted by atomic mass is 10.1. The molecule has 0 unspecified atom stereocenters. The number of esters is 1. The van der Waals surface area contributed by atoms with Gasteiger partial charge in [-0.2, -0.15) is 0 Å². The Morgan fingerprint density at radius 2 is 1.76 bits per heavy atom. The number of thioether (sulfide) groups is 1. The van der Waals surface area contributed by atoms with Crippen LogP contribution in [0.2, 0.25) is 0 Å². The molecule has 2 rings (SSSR count). The smallest absolute Gasteiger partial charge is 0.337 e. The van der Waals surface area contributed by atoms with Crippen molar-refractivity contribution in [3.8, 4) is 0 Å². The molecule has 3 nitrogen and oxygen atoms in total. The summed E-state index contributed by atoms with van der Waals surface area (Å²) in [6.45, 7) is 1.56. The van der Waals surface area contributed by atoms with Crippen LogP contribution in [0.1, 0.15) is 33.2 Å². The van der Waals surface area contributed by atoms with Crippen LogP contribution >= 0.6 is 11.8 Å². The van der Waals surface area contributed by atoms with E-state index in [4.69, 9.17) is 4.74 Å². The Morgan fingerprint density at radius 3 is 2.38 bits per heavy atom. The van der Waals surface area contributed by atoms with E-state index in [9.17, 15) is 9.59 Å². The predicted molar refractivity (Wildman–Crippen MR) is 83.8 cm³/mol. The van der Waals surface area contributed by atoms with E-state index >= 15 is 0 Å². The van der Waals surface area contributed by atoms with Gasteiger partial charge in [0.25, 0.3) is 0 Å². The fraction of sp³-hybridized carbons (Fsp3) is 0.176. The summed E-state index contributed by atoms with van der Waals surface area (Å²) in [6, 6.07) is 14.9. The average Bonchev–Trinajstić information content (AvgIpc) is 2.52. The van der Waals surface area contributed by atoms with Gasteiger partial charge in [0.2, 0.25) is 0 Å². The molecule has 0 spiro atoms. The number of hydrogen-bond acceptors (Lipinski definition) is 4. The first kappa shape index (κ1) is 15.3. The van der Waals surface area contributed by atoms with Crippen molar-refractivity contribution in [1.29, 1.82) is 0 Å². The van der Waals surface area contributed by atoms with Crippen molar-refractivity contribution in [3.63, 3.8) is 0 Å². The SMILES string of the molecule is COC(=O)c1cccc(CSc2ccc(C(C)=O)cc2)c1. The summed E-state index contributed by atoms with van der Waals surface area (Å²) in [5.41, 5.74) is 2.33. The van der Waals surface area contributed by atoms with Gasteiger partial charge in [0, 0.05) is 16.2 Å². The van der Waals surface area contributed by atoms with Gasteiger partial charge in [0.1, 0.15) is 0 Å². The monoisotopic (exact) mass is 300 g/mol. The standard InChI is InChI=1S/C17H16O3S/c1-12(18)14-6-8-16(9-7-14)21-11-13-4-3-5-15(10-13)17(19)20-2/h3-10H,11H2,1-2H3. The Balaban J connectivity index is 2.02. The highest BCUT2D eigenvalue weighted by molar-refractivity contribution is 7.98. The van der Waals surface area contributed by atoms with Gasteiger partial charge in [-0.05, 0) is 36.8 Å². The quantitative estimate of drug-likeness (QED) is 0.476. The normalized spacial score (nSPS) is 10.2. The molecule has 0 N–H and O–H groups in total. The number of ether oxygens (including phenoxy) is 1. The van der Waals surface area contributed by atoms with E-state index in [1.54, 1.807) is 24.8 Å². The van der Waals surface area contributed by atoms with E-state index in [1.165, 1.54) is 7.11 Å². The maximum atomic E-state index is 11.5. The van der Waals surface area contributed by atoms with Crippen molar-refractivity contribution in [2.24, 2.45) is 0 Å². The summed E-state index contributed by atoms with van der Waals surface area (Å²) in [4.78, 5) is 23.8. The molecular formula is C17H16O3S. The zero-order valence-electron chi connectivity index (χ0n) is 12.0. The van der Waals surface area contributed by atoms with Gasteiger partial charge in [-0.1, -0.05) is 24.3 Å². The second-order valence-electron chi connectivity index (χ2n) is 4.56. The summed E-state index contributed by atoms with van der Waals surface area (Å²) in [7, 11) is 1.38. The number of benzene rings is 2. The number of carbonyl (C=O) groups excluding carboxylic acids is 2. The summed E-state index contributed by atoms with van der Waals surface area (Å²) in [6.07, 6.45) is 0. The van der Waals surface area contributed by atoms with Crippen LogP contribution < -0.4 is 0 Å². The number of ketones is 1. The Kier molecular flexibility index (Phi) is 5.17. The largest absolute Gasteiger partial charge is 0.465 e. The van der Waals surface area contributed by atoms with Gasteiger partial charge >= 0.3 is 5.97 Å². The van der Waals surface area contributed by atoms with E-state index in [0.717, 1.165) is 16.2 Å². The molecule has 4 heteroatoms. The molecule has 0 aromatic heterocycles. The molecule has 0 saturated heterocycles. The summed E-state index contributed by atoms with van der Waals surface area (Å²) in [5.74, 6) is 0.495. The molecule has 2 aromatic carbocycles. The van der Waals surface area contributed by atoms with E-state index in [1.807, 2.05) is 42.5 Å². The molecule has 2 aromatic rings. The molecule has 0 aliphatic rings. The van der Waals surface area contributed by atoms with Crippen molar-refractivity contribution in [2.45, 2.75) is 17.6 Å². The zero-order valence-corrected chi connectivity index (χ0v) is 12.8. The number of hydrogen-bond donors (Lipinski definition) is 0. The summed E-state index contributed by atoms with van der Waals surface area (Å²) < 4.78 is 4.71. The molecular weight excluding hydrogens is 284 g/mol. The van der Waals surface area contributed by atoms with Crippen LogP contribution in [0.3, 0.4) is 0 Å². The lowest BCUT2D eigenvalue weighted by Crippen LogP contribution is -2.01. The third-order valence-corrected chi connectivity index (χ3v) is 4.10. The van der Waals surface area contributed by atoms with E-state index in [-0.39, 0.29) is 11.8 Å². The van der Waals surface area contributed by atoms with Crippen LogP contribution in [-0.2, 0) is 10.5 Å². The second-order valence-corrected chi connectivity index (χ2v) is 5.61. The first-order valence-corrected chi connectivity index (χ1v) is 7.50. The van der Waals surface area contributed by atoms with Gasteiger partial charge in [-0.3, -0.25) is 4.79 Å². The van der Waals surface area contributed by atoms with E-state index in [0.29, 0.717) is 11.1 Å². The maximum Gasteiger partial charge on any atom is 0.337 e. The molecule has 0 fully saturated rings. The lowest BCUT2D eigenvalue weighted by molar-refractivity contribution is 0.0600. The highest BCUT2D eigenvalue weighted by Gasteiger charge is 2.06. The maximum absolute atomic E-state index is 11.5. The topological polar surface area (TPSA) is 43.4 Å².